The van der Waals surface area contributed by atoms with Crippen molar-refractivity contribution in [2.24, 2.45) is 46.3 Å². The van der Waals surface area contributed by atoms with Gasteiger partial charge in [0.2, 0.25) is 5.76 Å². The Labute approximate surface area is 287 Å². The SMILES string of the molecule is COc1cc(C=CC(=O)OC2CCC3(C)C(=CCC4C3CCC3(C)C(C(C)CCCC(C)C)CCC43)C2)ccc1OC(=O)c1ccco1. The number of esters is 2. The van der Waals surface area contributed by atoms with E-state index in [2.05, 4.69) is 40.7 Å². The standard InChI is InChI=1S/C42H56O6/c1-27(2)9-7-10-28(3)33-16-17-34-32-15-14-30-26-31(20-22-41(30,4)35(32)21-23-42(33,34)5)47-39(43)19-13-29-12-18-36(38(25-29)45-6)48-40(44)37-11-8-24-46-37/h8,11-14,18-19,24-25,27-28,31-35H,7,9-10,15-17,20-23,26H2,1-6H3. The molecule has 260 valence electrons. The van der Waals surface area contributed by atoms with Crippen molar-refractivity contribution < 1.29 is 28.2 Å². The summed E-state index contributed by atoms with van der Waals surface area (Å²) in [7, 11) is 1.51. The molecule has 48 heavy (non-hydrogen) atoms. The zero-order valence-corrected chi connectivity index (χ0v) is 30.0. The molecule has 6 nitrogen and oxygen atoms in total. The monoisotopic (exact) mass is 656 g/mol. The van der Waals surface area contributed by atoms with Crippen LogP contribution in [0, 0.1) is 46.3 Å². The highest BCUT2D eigenvalue weighted by Crippen LogP contribution is 2.67. The number of hydrogen-bond donors (Lipinski definition) is 0. The van der Waals surface area contributed by atoms with Gasteiger partial charge in [0.1, 0.15) is 6.10 Å². The van der Waals surface area contributed by atoms with Crippen molar-refractivity contribution in [1.29, 1.82) is 0 Å². The van der Waals surface area contributed by atoms with Gasteiger partial charge in [-0.2, -0.15) is 0 Å². The number of benzene rings is 1. The molecular weight excluding hydrogens is 600 g/mol. The molecule has 0 bridgehead atoms. The van der Waals surface area contributed by atoms with Crippen LogP contribution in [0.2, 0.25) is 0 Å². The summed E-state index contributed by atoms with van der Waals surface area (Å²) in [6.07, 6.45) is 20.8. The van der Waals surface area contributed by atoms with Gasteiger partial charge in [-0.25, -0.2) is 9.59 Å². The highest BCUT2D eigenvalue weighted by Gasteiger charge is 2.59. The third-order valence-corrected chi connectivity index (χ3v) is 13.1. The number of carbonyl (C=O) groups excluding carboxylic acids is 2. The molecule has 0 N–H and O–H groups in total. The van der Waals surface area contributed by atoms with Crippen molar-refractivity contribution in [3.05, 3.63) is 65.6 Å². The molecule has 0 spiro atoms. The van der Waals surface area contributed by atoms with Gasteiger partial charge in [-0.15, -0.1) is 0 Å². The average Bonchev–Trinajstić information content (AvgIpc) is 3.73. The minimum atomic E-state index is -0.607. The van der Waals surface area contributed by atoms with Crippen LogP contribution < -0.4 is 9.47 Å². The second-order valence-electron chi connectivity index (χ2n) is 16.2. The Kier molecular flexibility index (Phi) is 10.3. The van der Waals surface area contributed by atoms with Crippen LogP contribution in [0.1, 0.15) is 121 Å². The van der Waals surface area contributed by atoms with E-state index in [0.29, 0.717) is 11.2 Å². The third kappa shape index (κ3) is 6.91. The van der Waals surface area contributed by atoms with Gasteiger partial charge in [0.15, 0.2) is 11.5 Å². The molecule has 2 aromatic rings. The molecule has 8 atom stereocenters. The molecule has 6 rings (SSSR count). The first-order chi connectivity index (χ1) is 23.0. The van der Waals surface area contributed by atoms with E-state index in [9.17, 15) is 9.59 Å². The van der Waals surface area contributed by atoms with Crippen molar-refractivity contribution in [3.8, 4) is 11.5 Å². The van der Waals surface area contributed by atoms with E-state index in [1.807, 2.05) is 0 Å². The van der Waals surface area contributed by atoms with E-state index in [0.717, 1.165) is 60.3 Å². The molecule has 8 unspecified atom stereocenters. The zero-order valence-electron chi connectivity index (χ0n) is 30.0. The first-order valence-corrected chi connectivity index (χ1v) is 18.5. The van der Waals surface area contributed by atoms with Gasteiger partial charge in [-0.05, 0) is 127 Å². The normalized spacial score (nSPS) is 31.8. The highest BCUT2D eigenvalue weighted by atomic mass is 16.6. The van der Waals surface area contributed by atoms with Gasteiger partial charge in [-0.1, -0.05) is 71.6 Å². The second kappa shape index (κ2) is 14.3. The predicted molar refractivity (Wildman–Crippen MR) is 189 cm³/mol. The lowest BCUT2D eigenvalue weighted by atomic mass is 9.47. The van der Waals surface area contributed by atoms with E-state index in [-0.39, 0.29) is 29.0 Å². The van der Waals surface area contributed by atoms with Crippen molar-refractivity contribution in [3.63, 3.8) is 0 Å². The summed E-state index contributed by atoms with van der Waals surface area (Å²) in [4.78, 5) is 25.3. The van der Waals surface area contributed by atoms with Gasteiger partial charge < -0.3 is 18.6 Å². The molecule has 1 heterocycles. The van der Waals surface area contributed by atoms with Crippen molar-refractivity contribution in [2.45, 2.75) is 111 Å². The molecule has 3 saturated carbocycles. The number of rotatable bonds is 11. The summed E-state index contributed by atoms with van der Waals surface area (Å²) in [5, 5.41) is 0. The van der Waals surface area contributed by atoms with Crippen LogP contribution in [0.4, 0.5) is 0 Å². The quantitative estimate of drug-likeness (QED) is 0.104. The molecule has 0 aliphatic heterocycles. The van der Waals surface area contributed by atoms with Gasteiger partial charge in [0.05, 0.1) is 13.4 Å². The number of carbonyl (C=O) groups is 2. The number of hydrogen-bond acceptors (Lipinski definition) is 6. The minimum absolute atomic E-state index is 0.0904. The molecular formula is C42H56O6. The molecule has 4 aliphatic carbocycles. The second-order valence-corrected chi connectivity index (χ2v) is 16.2. The average molecular weight is 657 g/mol. The lowest BCUT2D eigenvalue weighted by Crippen LogP contribution is -2.51. The van der Waals surface area contributed by atoms with Crippen LogP contribution in [0.5, 0.6) is 11.5 Å². The van der Waals surface area contributed by atoms with Crippen LogP contribution in [0.3, 0.4) is 0 Å². The summed E-state index contributed by atoms with van der Waals surface area (Å²) in [5.41, 5.74) is 2.99. The van der Waals surface area contributed by atoms with Crippen molar-refractivity contribution in [2.75, 3.05) is 7.11 Å². The number of furan rings is 1. The fourth-order valence-corrected chi connectivity index (χ4v) is 10.5. The Balaban J connectivity index is 1.05. The van der Waals surface area contributed by atoms with Gasteiger partial charge >= 0.3 is 11.9 Å². The summed E-state index contributed by atoms with van der Waals surface area (Å²) in [5.74, 6) is 4.73. The molecule has 1 aromatic carbocycles. The maximum absolute atomic E-state index is 13.0. The Hall–Kier alpha value is -3.28. The maximum Gasteiger partial charge on any atom is 0.379 e. The van der Waals surface area contributed by atoms with Crippen LogP contribution in [-0.4, -0.2) is 25.2 Å². The Morgan fingerprint density at radius 1 is 1.00 bits per heavy atom. The minimum Gasteiger partial charge on any atom is -0.493 e. The number of allylic oxidation sites excluding steroid dienone is 1. The van der Waals surface area contributed by atoms with Crippen LogP contribution in [0.15, 0.2) is 58.7 Å². The van der Waals surface area contributed by atoms with Gasteiger partial charge in [0, 0.05) is 12.5 Å². The molecule has 6 heteroatoms. The number of ether oxygens (including phenoxy) is 3. The zero-order chi connectivity index (χ0) is 34.1. The predicted octanol–water partition coefficient (Wildman–Crippen LogP) is 10.5. The highest BCUT2D eigenvalue weighted by molar-refractivity contribution is 5.89. The van der Waals surface area contributed by atoms with E-state index >= 15 is 0 Å². The first-order valence-electron chi connectivity index (χ1n) is 18.5. The van der Waals surface area contributed by atoms with Crippen LogP contribution in [-0.2, 0) is 9.53 Å². The molecule has 0 amide bonds. The summed E-state index contributed by atoms with van der Waals surface area (Å²) >= 11 is 0. The van der Waals surface area contributed by atoms with E-state index in [1.54, 1.807) is 30.3 Å². The fraction of sp³-hybridized carbons (Fsp3) is 0.619. The van der Waals surface area contributed by atoms with Gasteiger partial charge in [-0.3, -0.25) is 0 Å². The molecule has 3 fully saturated rings. The van der Waals surface area contributed by atoms with Crippen molar-refractivity contribution >= 4 is 18.0 Å². The van der Waals surface area contributed by atoms with E-state index < -0.39 is 5.97 Å². The summed E-state index contributed by atoms with van der Waals surface area (Å²) in [6, 6.07) is 8.29. The molecule has 1 aromatic heterocycles. The van der Waals surface area contributed by atoms with Crippen LogP contribution >= 0.6 is 0 Å². The summed E-state index contributed by atoms with van der Waals surface area (Å²) in [6.45, 7) is 12.5. The summed E-state index contributed by atoms with van der Waals surface area (Å²) < 4.78 is 22.0. The van der Waals surface area contributed by atoms with E-state index in [1.165, 1.54) is 82.5 Å². The Morgan fingerprint density at radius 2 is 1.83 bits per heavy atom. The number of methoxy groups -OCH3 is 1. The van der Waals surface area contributed by atoms with Crippen molar-refractivity contribution in [1.82, 2.24) is 0 Å². The molecule has 0 radical (unpaired) electrons. The molecule has 4 aliphatic rings. The lowest BCUT2D eigenvalue weighted by molar-refractivity contribution is -0.145. The molecule has 0 saturated heterocycles. The Morgan fingerprint density at radius 3 is 2.58 bits per heavy atom. The smallest absolute Gasteiger partial charge is 0.379 e. The number of fused-ring (bicyclic) bond motifs is 5. The van der Waals surface area contributed by atoms with Gasteiger partial charge in [0.25, 0.3) is 0 Å². The third-order valence-electron chi connectivity index (χ3n) is 13.1. The maximum atomic E-state index is 13.0. The lowest BCUT2D eigenvalue weighted by Gasteiger charge is -2.58. The first kappa shape index (κ1) is 34.6. The Bertz CT molecular complexity index is 1500. The van der Waals surface area contributed by atoms with E-state index in [4.69, 9.17) is 18.6 Å². The largest absolute Gasteiger partial charge is 0.493 e. The van der Waals surface area contributed by atoms with Crippen LogP contribution in [0.25, 0.3) is 6.08 Å². The fourth-order valence-electron chi connectivity index (χ4n) is 10.5. The topological polar surface area (TPSA) is 75.0 Å².